The summed E-state index contributed by atoms with van der Waals surface area (Å²) in [6.07, 6.45) is 2.97. The highest BCUT2D eigenvalue weighted by molar-refractivity contribution is 6.05. The predicted molar refractivity (Wildman–Crippen MR) is 67.4 cm³/mol. The lowest BCUT2D eigenvalue weighted by Gasteiger charge is -2.19. The summed E-state index contributed by atoms with van der Waals surface area (Å²) in [5.41, 5.74) is 3.78. The number of hydrogen-bond acceptors (Lipinski definition) is 2. The zero-order chi connectivity index (χ0) is 12.4. The minimum absolute atomic E-state index is 0.0625. The molecule has 3 heteroatoms. The molecular formula is C14H15NO2. The van der Waals surface area contributed by atoms with Crippen LogP contribution in [0.4, 0.5) is 5.69 Å². The number of carbonyl (C=O) groups excluding carboxylic acids is 1. The number of benzene rings is 1. The van der Waals surface area contributed by atoms with Gasteiger partial charge >= 0.3 is 0 Å². The second kappa shape index (κ2) is 4.45. The van der Waals surface area contributed by atoms with Crippen molar-refractivity contribution in [2.45, 2.75) is 13.8 Å². The van der Waals surface area contributed by atoms with Gasteiger partial charge in [0.05, 0.1) is 11.8 Å². The van der Waals surface area contributed by atoms with E-state index in [9.17, 15) is 4.79 Å². The monoisotopic (exact) mass is 229 g/mol. The maximum absolute atomic E-state index is 12.1. The van der Waals surface area contributed by atoms with E-state index in [-0.39, 0.29) is 5.91 Å². The summed E-state index contributed by atoms with van der Waals surface area (Å²) in [4.78, 5) is 13.8. The van der Waals surface area contributed by atoms with Crippen molar-refractivity contribution in [3.05, 3.63) is 53.5 Å². The van der Waals surface area contributed by atoms with Gasteiger partial charge in [0.15, 0.2) is 0 Å². The van der Waals surface area contributed by atoms with Crippen molar-refractivity contribution in [3.8, 4) is 0 Å². The Morgan fingerprint density at radius 1 is 1.24 bits per heavy atom. The smallest absolute Gasteiger partial charge is 0.261 e. The second-order valence-electron chi connectivity index (χ2n) is 4.10. The molecule has 0 aliphatic carbocycles. The molecule has 17 heavy (non-hydrogen) atoms. The van der Waals surface area contributed by atoms with Crippen molar-refractivity contribution < 1.29 is 9.21 Å². The van der Waals surface area contributed by atoms with E-state index in [1.165, 1.54) is 18.1 Å². The van der Waals surface area contributed by atoms with E-state index in [1.807, 2.05) is 32.0 Å². The summed E-state index contributed by atoms with van der Waals surface area (Å²) in [5.74, 6) is -0.0625. The maximum Gasteiger partial charge on any atom is 0.261 e. The van der Waals surface area contributed by atoms with Crippen LogP contribution in [0.5, 0.6) is 0 Å². The molecule has 2 aromatic rings. The summed E-state index contributed by atoms with van der Waals surface area (Å²) < 4.78 is 4.93. The van der Waals surface area contributed by atoms with Crippen LogP contribution in [0.1, 0.15) is 21.5 Å². The molecule has 0 atom stereocenters. The molecule has 1 amide bonds. The Labute approximate surface area is 101 Å². The van der Waals surface area contributed by atoms with Gasteiger partial charge in [-0.05, 0) is 37.1 Å². The first-order valence-electron chi connectivity index (χ1n) is 5.47. The van der Waals surface area contributed by atoms with Gasteiger partial charge in [0.1, 0.15) is 6.26 Å². The Balaban J connectivity index is 2.34. The third kappa shape index (κ3) is 2.09. The molecule has 0 saturated heterocycles. The molecule has 0 aliphatic heterocycles. The van der Waals surface area contributed by atoms with E-state index < -0.39 is 0 Å². The number of hydrogen-bond donors (Lipinski definition) is 0. The standard InChI is InChI=1S/C14H15NO2/c1-10-5-4-6-13(11(10)2)15(3)14(16)12-7-8-17-9-12/h4-9H,1-3H3. The highest BCUT2D eigenvalue weighted by atomic mass is 16.3. The Bertz CT molecular complexity index is 529. The van der Waals surface area contributed by atoms with Gasteiger partial charge in [0.2, 0.25) is 0 Å². The van der Waals surface area contributed by atoms with Crippen LogP contribution >= 0.6 is 0 Å². The molecule has 0 saturated carbocycles. The fourth-order valence-corrected chi connectivity index (χ4v) is 1.79. The van der Waals surface area contributed by atoms with Gasteiger partial charge in [-0.1, -0.05) is 12.1 Å². The van der Waals surface area contributed by atoms with Crippen LogP contribution < -0.4 is 4.90 Å². The fraction of sp³-hybridized carbons (Fsp3) is 0.214. The van der Waals surface area contributed by atoms with E-state index in [0.717, 1.165) is 11.3 Å². The Morgan fingerprint density at radius 2 is 2.00 bits per heavy atom. The Kier molecular flexibility index (Phi) is 3.00. The third-order valence-corrected chi connectivity index (χ3v) is 3.01. The first kappa shape index (κ1) is 11.5. The van der Waals surface area contributed by atoms with Crippen molar-refractivity contribution in [3.63, 3.8) is 0 Å². The number of anilines is 1. The van der Waals surface area contributed by atoms with Crippen LogP contribution in [-0.2, 0) is 0 Å². The number of furan rings is 1. The van der Waals surface area contributed by atoms with Crippen molar-refractivity contribution in [2.75, 3.05) is 11.9 Å². The maximum atomic E-state index is 12.1. The molecule has 0 radical (unpaired) electrons. The Hall–Kier alpha value is -2.03. The molecule has 0 fully saturated rings. The van der Waals surface area contributed by atoms with Gasteiger partial charge in [0, 0.05) is 12.7 Å². The zero-order valence-corrected chi connectivity index (χ0v) is 10.2. The van der Waals surface area contributed by atoms with Gasteiger partial charge in [-0.25, -0.2) is 0 Å². The molecule has 1 aromatic carbocycles. The molecule has 0 aliphatic rings. The largest absolute Gasteiger partial charge is 0.472 e. The summed E-state index contributed by atoms with van der Waals surface area (Å²) in [6, 6.07) is 7.61. The number of rotatable bonds is 2. The van der Waals surface area contributed by atoms with Gasteiger partial charge < -0.3 is 9.32 Å². The normalized spacial score (nSPS) is 10.3. The van der Waals surface area contributed by atoms with Gasteiger partial charge in [-0.15, -0.1) is 0 Å². The Morgan fingerprint density at radius 3 is 2.65 bits per heavy atom. The van der Waals surface area contributed by atoms with E-state index in [2.05, 4.69) is 0 Å². The fourth-order valence-electron chi connectivity index (χ4n) is 1.79. The second-order valence-corrected chi connectivity index (χ2v) is 4.10. The summed E-state index contributed by atoms with van der Waals surface area (Å²) in [7, 11) is 1.77. The minimum atomic E-state index is -0.0625. The molecule has 0 N–H and O–H groups in total. The lowest BCUT2D eigenvalue weighted by atomic mass is 10.1. The molecule has 1 heterocycles. The van der Waals surface area contributed by atoms with Crippen molar-refractivity contribution >= 4 is 11.6 Å². The number of amides is 1. The zero-order valence-electron chi connectivity index (χ0n) is 10.2. The highest BCUT2D eigenvalue weighted by Crippen LogP contribution is 2.23. The molecule has 0 spiro atoms. The first-order chi connectivity index (χ1) is 8.11. The average Bonchev–Trinajstić information content (AvgIpc) is 2.84. The van der Waals surface area contributed by atoms with Crippen molar-refractivity contribution in [1.29, 1.82) is 0 Å². The van der Waals surface area contributed by atoms with Gasteiger partial charge in [0.25, 0.3) is 5.91 Å². The van der Waals surface area contributed by atoms with Crippen LogP contribution in [0, 0.1) is 13.8 Å². The summed E-state index contributed by atoms with van der Waals surface area (Å²) in [6.45, 7) is 4.05. The lowest BCUT2D eigenvalue weighted by molar-refractivity contribution is 0.0992. The van der Waals surface area contributed by atoms with Gasteiger partial charge in [-0.3, -0.25) is 4.79 Å². The number of aryl methyl sites for hydroxylation is 1. The minimum Gasteiger partial charge on any atom is -0.472 e. The van der Waals surface area contributed by atoms with E-state index in [0.29, 0.717) is 5.56 Å². The van der Waals surface area contributed by atoms with Crippen LogP contribution in [0.25, 0.3) is 0 Å². The quantitative estimate of drug-likeness (QED) is 0.792. The van der Waals surface area contributed by atoms with E-state index in [1.54, 1.807) is 18.0 Å². The molecule has 0 bridgehead atoms. The SMILES string of the molecule is Cc1cccc(N(C)C(=O)c2ccoc2)c1C. The van der Waals surface area contributed by atoms with Gasteiger partial charge in [-0.2, -0.15) is 0 Å². The number of carbonyl (C=O) groups is 1. The van der Waals surface area contributed by atoms with Crippen LogP contribution in [0.3, 0.4) is 0 Å². The molecule has 1 aromatic heterocycles. The van der Waals surface area contributed by atoms with E-state index in [4.69, 9.17) is 4.42 Å². The molecular weight excluding hydrogens is 214 g/mol. The molecule has 2 rings (SSSR count). The predicted octanol–water partition coefficient (Wildman–Crippen LogP) is 3.17. The molecule has 0 unspecified atom stereocenters. The van der Waals surface area contributed by atoms with Crippen molar-refractivity contribution in [2.24, 2.45) is 0 Å². The van der Waals surface area contributed by atoms with Crippen LogP contribution in [0.2, 0.25) is 0 Å². The molecule has 88 valence electrons. The number of nitrogens with zero attached hydrogens (tertiary/aromatic N) is 1. The lowest BCUT2D eigenvalue weighted by Crippen LogP contribution is -2.26. The summed E-state index contributed by atoms with van der Waals surface area (Å²) in [5, 5.41) is 0. The summed E-state index contributed by atoms with van der Waals surface area (Å²) >= 11 is 0. The van der Waals surface area contributed by atoms with Crippen molar-refractivity contribution in [1.82, 2.24) is 0 Å². The molecule has 3 nitrogen and oxygen atoms in total. The van der Waals surface area contributed by atoms with Crippen LogP contribution in [-0.4, -0.2) is 13.0 Å². The topological polar surface area (TPSA) is 33.5 Å². The van der Waals surface area contributed by atoms with E-state index >= 15 is 0 Å². The average molecular weight is 229 g/mol. The first-order valence-corrected chi connectivity index (χ1v) is 5.47. The van der Waals surface area contributed by atoms with Crippen LogP contribution in [0.15, 0.2) is 41.2 Å². The highest BCUT2D eigenvalue weighted by Gasteiger charge is 2.16. The third-order valence-electron chi connectivity index (χ3n) is 3.01.